The number of H-pyrrole nitrogens is 1. The van der Waals surface area contributed by atoms with Gasteiger partial charge in [-0.3, -0.25) is 0 Å². The van der Waals surface area contributed by atoms with Crippen LogP contribution in [-0.2, 0) is 14.8 Å². The van der Waals surface area contributed by atoms with Gasteiger partial charge < -0.3 is 14.8 Å². The molecule has 4 rings (SSSR count). The lowest BCUT2D eigenvalue weighted by atomic mass is 10.0. The van der Waals surface area contributed by atoms with E-state index in [-0.39, 0.29) is 23.5 Å². The second-order valence-electron chi connectivity index (χ2n) is 6.35. The number of nitrogens with zero attached hydrogens (tertiary/aromatic N) is 1. The maximum atomic E-state index is 13.0. The zero-order chi connectivity index (χ0) is 19.0. The predicted octanol–water partition coefficient (Wildman–Crippen LogP) is 2.55. The van der Waals surface area contributed by atoms with Gasteiger partial charge in [-0.05, 0) is 52.9 Å². The van der Waals surface area contributed by atoms with Crippen LogP contribution in [0.5, 0.6) is 0 Å². The summed E-state index contributed by atoms with van der Waals surface area (Å²) in [7, 11) is -3.80. The number of benzene rings is 2. The summed E-state index contributed by atoms with van der Waals surface area (Å²) < 4.78 is 32.5. The molecule has 1 aliphatic rings. The molecule has 0 unspecified atom stereocenters. The van der Waals surface area contributed by atoms with Crippen molar-refractivity contribution in [1.82, 2.24) is 9.29 Å². The Kier molecular flexibility index (Phi) is 4.47. The van der Waals surface area contributed by atoms with E-state index < -0.39 is 16.0 Å². The molecule has 0 radical (unpaired) electrons. The number of morpholine rings is 1. The maximum Gasteiger partial charge on any atom is 0.335 e. The number of ether oxygens (including phenoxy) is 1. The molecule has 1 aromatic heterocycles. The van der Waals surface area contributed by atoms with Crippen LogP contribution in [0.2, 0.25) is 0 Å². The lowest BCUT2D eigenvalue weighted by molar-refractivity contribution is 0.0696. The Labute approximate surface area is 156 Å². The van der Waals surface area contributed by atoms with Gasteiger partial charge in [0.15, 0.2) is 0 Å². The van der Waals surface area contributed by atoms with E-state index in [0.717, 1.165) is 16.5 Å². The SMILES string of the molecule is O=C(O)c1cc(-c2ccc3[nH]ccc3c2)cc(S(=O)(=O)N2CCOCC2)c1. The van der Waals surface area contributed by atoms with Gasteiger partial charge in [0, 0.05) is 24.8 Å². The number of fused-ring (bicyclic) bond motifs is 1. The number of rotatable bonds is 4. The van der Waals surface area contributed by atoms with Crippen LogP contribution in [0.3, 0.4) is 0 Å². The summed E-state index contributed by atoms with van der Waals surface area (Å²) >= 11 is 0. The number of aromatic nitrogens is 1. The van der Waals surface area contributed by atoms with E-state index in [1.54, 1.807) is 0 Å². The van der Waals surface area contributed by atoms with Gasteiger partial charge in [-0.25, -0.2) is 13.2 Å². The maximum absolute atomic E-state index is 13.0. The summed E-state index contributed by atoms with van der Waals surface area (Å²) in [5.41, 5.74) is 2.19. The van der Waals surface area contributed by atoms with Gasteiger partial charge in [0.25, 0.3) is 0 Å². The summed E-state index contributed by atoms with van der Waals surface area (Å²) in [6.07, 6.45) is 1.82. The fourth-order valence-corrected chi connectivity index (χ4v) is 4.69. The zero-order valence-corrected chi connectivity index (χ0v) is 15.2. The van der Waals surface area contributed by atoms with Crippen molar-refractivity contribution >= 4 is 26.9 Å². The fraction of sp³-hybridized carbons (Fsp3) is 0.211. The molecule has 140 valence electrons. The molecule has 0 spiro atoms. The van der Waals surface area contributed by atoms with Crippen LogP contribution >= 0.6 is 0 Å². The molecule has 0 bridgehead atoms. The van der Waals surface area contributed by atoms with Crippen LogP contribution in [0.4, 0.5) is 0 Å². The molecule has 2 aromatic carbocycles. The van der Waals surface area contributed by atoms with Crippen LogP contribution in [0.25, 0.3) is 22.0 Å². The summed E-state index contributed by atoms with van der Waals surface area (Å²) in [4.78, 5) is 14.7. The minimum absolute atomic E-state index is 0.0199. The highest BCUT2D eigenvalue weighted by molar-refractivity contribution is 7.89. The van der Waals surface area contributed by atoms with Crippen LogP contribution < -0.4 is 0 Å². The first-order chi connectivity index (χ1) is 12.9. The quantitative estimate of drug-likeness (QED) is 0.718. The van der Waals surface area contributed by atoms with Crippen molar-refractivity contribution in [2.45, 2.75) is 4.90 Å². The first-order valence-electron chi connectivity index (χ1n) is 8.49. The minimum Gasteiger partial charge on any atom is -0.478 e. The highest BCUT2D eigenvalue weighted by Gasteiger charge is 2.27. The van der Waals surface area contributed by atoms with Crippen molar-refractivity contribution in [3.8, 4) is 11.1 Å². The Hall–Kier alpha value is -2.68. The van der Waals surface area contributed by atoms with Gasteiger partial charge in [-0.2, -0.15) is 4.31 Å². The minimum atomic E-state index is -3.80. The molecule has 27 heavy (non-hydrogen) atoms. The number of aromatic amines is 1. The second-order valence-corrected chi connectivity index (χ2v) is 8.29. The first kappa shape index (κ1) is 17.7. The number of carboxylic acid groups (broad SMARTS) is 1. The molecule has 1 fully saturated rings. The standard InChI is InChI=1S/C19H18N2O5S/c22-19(23)16-10-15(13-1-2-18-14(9-13)3-4-20-18)11-17(12-16)27(24,25)21-5-7-26-8-6-21/h1-4,9-12,20H,5-8H2,(H,22,23). The molecule has 1 saturated heterocycles. The Morgan fingerprint density at radius 2 is 1.81 bits per heavy atom. The van der Waals surface area contributed by atoms with Crippen molar-refractivity contribution in [3.63, 3.8) is 0 Å². The van der Waals surface area contributed by atoms with E-state index in [9.17, 15) is 18.3 Å². The summed E-state index contributed by atoms with van der Waals surface area (Å²) in [5, 5.41) is 10.4. The van der Waals surface area contributed by atoms with E-state index >= 15 is 0 Å². The molecule has 1 aliphatic heterocycles. The molecule has 2 N–H and O–H groups in total. The lowest BCUT2D eigenvalue weighted by Gasteiger charge is -2.26. The predicted molar refractivity (Wildman–Crippen MR) is 100 cm³/mol. The van der Waals surface area contributed by atoms with Crippen molar-refractivity contribution < 1.29 is 23.1 Å². The van der Waals surface area contributed by atoms with Gasteiger partial charge >= 0.3 is 5.97 Å². The summed E-state index contributed by atoms with van der Waals surface area (Å²) in [5.74, 6) is -1.17. The molecule has 0 atom stereocenters. The monoisotopic (exact) mass is 386 g/mol. The number of hydrogen-bond donors (Lipinski definition) is 2. The van der Waals surface area contributed by atoms with E-state index in [1.165, 1.54) is 22.5 Å². The van der Waals surface area contributed by atoms with Crippen LogP contribution in [-0.4, -0.2) is 55.1 Å². The number of nitrogens with one attached hydrogen (secondary N) is 1. The third kappa shape index (κ3) is 3.34. The molecule has 7 nitrogen and oxygen atoms in total. The number of sulfonamides is 1. The number of hydrogen-bond acceptors (Lipinski definition) is 4. The largest absolute Gasteiger partial charge is 0.478 e. The lowest BCUT2D eigenvalue weighted by Crippen LogP contribution is -2.40. The summed E-state index contributed by atoms with van der Waals surface area (Å²) in [6.45, 7) is 1.16. The normalized spacial score (nSPS) is 15.9. The van der Waals surface area contributed by atoms with E-state index in [2.05, 4.69) is 4.98 Å². The molecule has 8 heteroatoms. The Morgan fingerprint density at radius 3 is 2.56 bits per heavy atom. The Balaban J connectivity index is 1.84. The van der Waals surface area contributed by atoms with Crippen LogP contribution in [0, 0.1) is 0 Å². The molecule has 0 aliphatic carbocycles. The third-order valence-electron chi connectivity index (χ3n) is 4.65. The molecule has 0 saturated carbocycles. The topological polar surface area (TPSA) is 99.7 Å². The molecule has 0 amide bonds. The van der Waals surface area contributed by atoms with Crippen molar-refractivity contribution in [1.29, 1.82) is 0 Å². The second kappa shape index (κ2) is 6.80. The smallest absolute Gasteiger partial charge is 0.335 e. The molecule has 2 heterocycles. The first-order valence-corrected chi connectivity index (χ1v) is 9.93. The molecular weight excluding hydrogens is 368 g/mol. The van der Waals surface area contributed by atoms with Crippen LogP contribution in [0.15, 0.2) is 53.6 Å². The van der Waals surface area contributed by atoms with Gasteiger partial charge in [0.05, 0.1) is 23.7 Å². The molecular formula is C19H18N2O5S. The van der Waals surface area contributed by atoms with E-state index in [4.69, 9.17) is 4.74 Å². The highest BCUT2D eigenvalue weighted by Crippen LogP contribution is 2.29. The van der Waals surface area contributed by atoms with Gasteiger partial charge in [0.2, 0.25) is 10.0 Å². The Bertz CT molecular complexity index is 1110. The average molecular weight is 386 g/mol. The van der Waals surface area contributed by atoms with Crippen molar-refractivity contribution in [2.75, 3.05) is 26.3 Å². The number of carbonyl (C=O) groups is 1. The average Bonchev–Trinajstić information content (AvgIpc) is 3.16. The van der Waals surface area contributed by atoms with E-state index in [1.807, 2.05) is 30.5 Å². The highest BCUT2D eigenvalue weighted by atomic mass is 32.2. The van der Waals surface area contributed by atoms with Gasteiger partial charge in [-0.15, -0.1) is 0 Å². The number of aromatic carboxylic acids is 1. The van der Waals surface area contributed by atoms with Gasteiger partial charge in [-0.1, -0.05) is 6.07 Å². The van der Waals surface area contributed by atoms with Gasteiger partial charge in [0.1, 0.15) is 0 Å². The van der Waals surface area contributed by atoms with Crippen LogP contribution in [0.1, 0.15) is 10.4 Å². The Morgan fingerprint density at radius 1 is 1.04 bits per heavy atom. The zero-order valence-electron chi connectivity index (χ0n) is 14.4. The van der Waals surface area contributed by atoms with Crippen molar-refractivity contribution in [3.05, 3.63) is 54.2 Å². The fourth-order valence-electron chi connectivity index (χ4n) is 3.21. The van der Waals surface area contributed by atoms with E-state index in [0.29, 0.717) is 18.8 Å². The summed E-state index contributed by atoms with van der Waals surface area (Å²) in [6, 6.07) is 11.8. The number of carboxylic acids is 1. The third-order valence-corrected chi connectivity index (χ3v) is 6.52. The molecule has 3 aromatic rings. The van der Waals surface area contributed by atoms with Crippen molar-refractivity contribution in [2.24, 2.45) is 0 Å².